The van der Waals surface area contributed by atoms with Gasteiger partial charge in [0, 0.05) is 19.5 Å². The van der Waals surface area contributed by atoms with Gasteiger partial charge in [-0.2, -0.15) is 4.98 Å². The number of anilines is 1. The number of hydrogen-bond acceptors (Lipinski definition) is 6. The zero-order valence-electron chi connectivity index (χ0n) is 18.8. The predicted molar refractivity (Wildman–Crippen MR) is 124 cm³/mol. The second-order valence-electron chi connectivity index (χ2n) is 8.42. The van der Waals surface area contributed by atoms with Crippen molar-refractivity contribution in [3.05, 3.63) is 71.9 Å². The second-order valence-corrected chi connectivity index (χ2v) is 10.4. The van der Waals surface area contributed by atoms with Crippen LogP contribution in [-0.2, 0) is 15.6 Å². The molecule has 1 aromatic heterocycles. The normalized spacial score (nSPS) is 16.1. The monoisotopic (exact) mass is 468 g/mol. The maximum absolute atomic E-state index is 13.3. The van der Waals surface area contributed by atoms with Gasteiger partial charge in [0.25, 0.3) is 15.9 Å². The third-order valence-corrected chi connectivity index (χ3v) is 7.92. The molecule has 4 rings (SSSR count). The van der Waals surface area contributed by atoms with Crippen LogP contribution in [0.2, 0.25) is 0 Å². The van der Waals surface area contributed by atoms with E-state index in [0.29, 0.717) is 30.2 Å². The first-order valence-corrected chi connectivity index (χ1v) is 12.5. The maximum Gasteiger partial charge on any atom is 0.264 e. The van der Waals surface area contributed by atoms with E-state index in [-0.39, 0.29) is 16.4 Å². The highest BCUT2D eigenvalue weighted by Crippen LogP contribution is 2.35. The van der Waals surface area contributed by atoms with Gasteiger partial charge in [-0.1, -0.05) is 55.1 Å². The summed E-state index contributed by atoms with van der Waals surface area (Å²) in [7, 11) is -2.34. The van der Waals surface area contributed by atoms with Gasteiger partial charge in [-0.15, -0.1) is 0 Å². The van der Waals surface area contributed by atoms with Crippen LogP contribution >= 0.6 is 0 Å². The van der Waals surface area contributed by atoms with Gasteiger partial charge < -0.3 is 9.84 Å². The topological polar surface area (TPSA) is 105 Å². The smallest absolute Gasteiger partial charge is 0.264 e. The largest absolute Gasteiger partial charge is 0.340 e. The van der Waals surface area contributed by atoms with Crippen LogP contribution in [0.1, 0.15) is 60.6 Å². The van der Waals surface area contributed by atoms with Crippen molar-refractivity contribution in [2.75, 3.05) is 11.4 Å². The van der Waals surface area contributed by atoms with Gasteiger partial charge in [0.15, 0.2) is 5.82 Å². The number of rotatable bonds is 6. The van der Waals surface area contributed by atoms with Gasteiger partial charge in [-0.05, 0) is 43.2 Å². The number of para-hydroxylation sites is 1. The number of aromatic nitrogens is 2. The van der Waals surface area contributed by atoms with Gasteiger partial charge in [0.2, 0.25) is 5.89 Å². The van der Waals surface area contributed by atoms with Gasteiger partial charge in [0.1, 0.15) is 5.54 Å². The average Bonchev–Trinajstić information content (AvgIpc) is 3.14. The van der Waals surface area contributed by atoms with Crippen LogP contribution in [0.4, 0.5) is 5.69 Å². The van der Waals surface area contributed by atoms with Crippen molar-refractivity contribution in [1.29, 1.82) is 0 Å². The van der Waals surface area contributed by atoms with Crippen LogP contribution in [0.3, 0.4) is 0 Å². The van der Waals surface area contributed by atoms with E-state index in [1.807, 2.05) is 6.07 Å². The molecule has 0 aliphatic heterocycles. The minimum Gasteiger partial charge on any atom is -0.340 e. The molecule has 0 unspecified atom stereocenters. The summed E-state index contributed by atoms with van der Waals surface area (Å²) < 4.78 is 32.8. The summed E-state index contributed by atoms with van der Waals surface area (Å²) in [6, 6.07) is 14.9. The van der Waals surface area contributed by atoms with Gasteiger partial charge in [-0.3, -0.25) is 9.10 Å². The molecule has 9 heteroatoms. The lowest BCUT2D eigenvalue weighted by Gasteiger charge is -2.30. The first kappa shape index (κ1) is 23.0. The molecule has 8 nitrogen and oxygen atoms in total. The SMILES string of the molecule is Cc1nc(C2(NC(=O)c3cccc(S(=O)(=O)N(C)c4ccccc4)c3)CCCCCC2)no1. The Kier molecular flexibility index (Phi) is 6.51. The molecule has 1 amide bonds. The Bertz CT molecular complexity index is 1220. The second kappa shape index (κ2) is 9.35. The van der Waals surface area contributed by atoms with Crippen LogP contribution in [0.5, 0.6) is 0 Å². The Morgan fingerprint density at radius 2 is 1.73 bits per heavy atom. The number of nitrogens with zero attached hydrogens (tertiary/aromatic N) is 3. The number of hydrogen-bond donors (Lipinski definition) is 1. The van der Waals surface area contributed by atoms with Crippen molar-refractivity contribution in [1.82, 2.24) is 15.5 Å². The van der Waals surface area contributed by atoms with Crippen LogP contribution in [-0.4, -0.2) is 31.5 Å². The Balaban J connectivity index is 1.63. The minimum absolute atomic E-state index is 0.0480. The van der Waals surface area contributed by atoms with Crippen molar-refractivity contribution < 1.29 is 17.7 Å². The molecule has 33 heavy (non-hydrogen) atoms. The lowest BCUT2D eigenvalue weighted by Crippen LogP contribution is -2.46. The van der Waals surface area contributed by atoms with Crippen molar-refractivity contribution in [3.8, 4) is 0 Å². The molecule has 174 valence electrons. The van der Waals surface area contributed by atoms with E-state index >= 15 is 0 Å². The summed E-state index contributed by atoms with van der Waals surface area (Å²) in [5, 5.41) is 7.24. The Morgan fingerprint density at radius 3 is 2.36 bits per heavy atom. The summed E-state index contributed by atoms with van der Waals surface area (Å²) in [5.41, 5.74) is 0.0692. The van der Waals surface area contributed by atoms with E-state index in [2.05, 4.69) is 15.5 Å². The average molecular weight is 469 g/mol. The molecule has 0 atom stereocenters. The molecular formula is C24H28N4O4S. The lowest BCUT2D eigenvalue weighted by atomic mass is 9.88. The van der Waals surface area contributed by atoms with Gasteiger partial charge in [-0.25, -0.2) is 8.42 Å². The molecule has 0 bridgehead atoms. The maximum atomic E-state index is 13.3. The highest BCUT2D eigenvalue weighted by molar-refractivity contribution is 7.92. The fraction of sp³-hybridized carbons (Fsp3) is 0.375. The standard InChI is InChI=1S/C24H28N4O4S/c1-18-25-23(27-32-18)24(15-8-3-4-9-16-24)26-22(29)19-11-10-14-21(17-19)33(30,31)28(2)20-12-6-5-7-13-20/h5-7,10-14,17H,3-4,8-9,15-16H2,1-2H3,(H,26,29). The van der Waals surface area contributed by atoms with Crippen molar-refractivity contribution in [3.63, 3.8) is 0 Å². The number of sulfonamides is 1. The zero-order valence-corrected chi connectivity index (χ0v) is 19.6. The number of amides is 1. The molecule has 1 aliphatic carbocycles. The van der Waals surface area contributed by atoms with Crippen LogP contribution < -0.4 is 9.62 Å². The summed E-state index contributed by atoms with van der Waals surface area (Å²) in [6.07, 6.45) is 5.43. The molecule has 1 aliphatic rings. The van der Waals surface area contributed by atoms with Gasteiger partial charge in [0.05, 0.1) is 10.6 Å². The summed E-state index contributed by atoms with van der Waals surface area (Å²) >= 11 is 0. The molecule has 2 aromatic carbocycles. The van der Waals surface area contributed by atoms with Crippen LogP contribution in [0, 0.1) is 6.92 Å². The zero-order chi connectivity index (χ0) is 23.5. The molecule has 1 fully saturated rings. The minimum atomic E-state index is -3.84. The highest BCUT2D eigenvalue weighted by atomic mass is 32.2. The molecule has 1 N–H and O–H groups in total. The molecule has 1 saturated carbocycles. The van der Waals surface area contributed by atoms with E-state index in [1.54, 1.807) is 43.3 Å². The predicted octanol–water partition coefficient (Wildman–Crippen LogP) is 4.18. The fourth-order valence-corrected chi connectivity index (χ4v) is 5.49. The van der Waals surface area contributed by atoms with Crippen LogP contribution in [0.25, 0.3) is 0 Å². The molecule has 1 heterocycles. The third-order valence-electron chi connectivity index (χ3n) is 6.14. The van der Waals surface area contributed by atoms with Gasteiger partial charge >= 0.3 is 0 Å². The molecular weight excluding hydrogens is 440 g/mol. The number of carbonyl (C=O) groups excluding carboxylic acids is 1. The number of carbonyl (C=O) groups is 1. The Morgan fingerprint density at radius 1 is 1.03 bits per heavy atom. The van der Waals surface area contributed by atoms with Crippen molar-refractivity contribution >= 4 is 21.6 Å². The summed E-state index contributed by atoms with van der Waals surface area (Å²) in [4.78, 5) is 17.8. The van der Waals surface area contributed by atoms with E-state index in [4.69, 9.17) is 4.52 Å². The quantitative estimate of drug-likeness (QED) is 0.544. The number of aryl methyl sites for hydroxylation is 1. The molecule has 3 aromatic rings. The third kappa shape index (κ3) is 4.78. The van der Waals surface area contributed by atoms with E-state index < -0.39 is 15.6 Å². The summed E-state index contributed by atoms with van der Waals surface area (Å²) in [6.45, 7) is 1.72. The van der Waals surface area contributed by atoms with E-state index in [1.165, 1.54) is 23.5 Å². The molecule has 0 saturated heterocycles. The van der Waals surface area contributed by atoms with Crippen molar-refractivity contribution in [2.24, 2.45) is 0 Å². The number of nitrogens with one attached hydrogen (secondary N) is 1. The Labute approximate surface area is 194 Å². The number of benzene rings is 2. The first-order chi connectivity index (χ1) is 15.8. The first-order valence-electron chi connectivity index (χ1n) is 11.1. The molecule has 0 radical (unpaired) electrons. The van der Waals surface area contributed by atoms with E-state index in [0.717, 1.165) is 25.7 Å². The lowest BCUT2D eigenvalue weighted by molar-refractivity contribution is 0.0876. The van der Waals surface area contributed by atoms with Crippen LogP contribution in [0.15, 0.2) is 64.0 Å². The highest BCUT2D eigenvalue weighted by Gasteiger charge is 2.39. The molecule has 0 spiro atoms. The van der Waals surface area contributed by atoms with Crippen molar-refractivity contribution in [2.45, 2.75) is 55.9 Å². The Hall–Kier alpha value is -3.20. The van der Waals surface area contributed by atoms with E-state index in [9.17, 15) is 13.2 Å². The fourth-order valence-electron chi connectivity index (χ4n) is 4.25. The summed E-state index contributed by atoms with van der Waals surface area (Å²) in [5.74, 6) is 0.557.